The first-order valence-corrected chi connectivity index (χ1v) is 10.1. The van der Waals surface area contributed by atoms with Crippen molar-refractivity contribution in [2.24, 2.45) is 0 Å². The second-order valence-electron chi connectivity index (χ2n) is 7.53. The lowest BCUT2D eigenvalue weighted by Gasteiger charge is -2.16. The Morgan fingerprint density at radius 2 is 1.65 bits per heavy atom. The van der Waals surface area contributed by atoms with Crippen LogP contribution in [0.5, 0.6) is 0 Å². The Balaban J connectivity index is 1.41. The van der Waals surface area contributed by atoms with Gasteiger partial charge in [0, 0.05) is 0 Å². The van der Waals surface area contributed by atoms with E-state index >= 15 is 0 Å². The van der Waals surface area contributed by atoms with Crippen LogP contribution in [0.4, 0.5) is 0 Å². The van der Waals surface area contributed by atoms with E-state index in [4.69, 9.17) is 4.74 Å². The molecule has 3 aromatic carbocycles. The van der Waals surface area contributed by atoms with Crippen LogP contribution in [0.3, 0.4) is 0 Å². The molecule has 6 nitrogen and oxygen atoms in total. The van der Waals surface area contributed by atoms with Gasteiger partial charge < -0.3 is 10.1 Å². The number of ether oxygens (including phenoxy) is 1. The van der Waals surface area contributed by atoms with Gasteiger partial charge in [0.1, 0.15) is 0 Å². The molecule has 1 atom stereocenters. The van der Waals surface area contributed by atoms with Crippen LogP contribution in [-0.4, -0.2) is 28.5 Å². The van der Waals surface area contributed by atoms with Crippen molar-refractivity contribution in [1.29, 1.82) is 0 Å². The molecule has 0 aliphatic carbocycles. The highest BCUT2D eigenvalue weighted by molar-refractivity contribution is 5.95. The van der Waals surface area contributed by atoms with E-state index in [0.29, 0.717) is 16.6 Å². The fraction of sp³-hybridized carbons (Fsp3) is 0.200. The van der Waals surface area contributed by atoms with Crippen molar-refractivity contribution < 1.29 is 14.3 Å². The molecule has 1 aromatic heterocycles. The number of hydrogen-bond acceptors (Lipinski definition) is 5. The van der Waals surface area contributed by atoms with Gasteiger partial charge in [0.15, 0.2) is 6.61 Å². The highest BCUT2D eigenvalue weighted by atomic mass is 16.5. The average Bonchev–Trinajstić information content (AvgIpc) is 2.77. The molecule has 1 N–H and O–H groups in total. The number of amides is 1. The van der Waals surface area contributed by atoms with Crippen LogP contribution in [0, 0.1) is 13.8 Å². The molecule has 1 unspecified atom stereocenters. The zero-order valence-electron chi connectivity index (χ0n) is 17.7. The van der Waals surface area contributed by atoms with Gasteiger partial charge in [-0.2, -0.15) is 0 Å². The van der Waals surface area contributed by atoms with E-state index < -0.39 is 5.97 Å². The van der Waals surface area contributed by atoms with E-state index in [1.54, 1.807) is 18.2 Å². The minimum atomic E-state index is -0.574. The van der Waals surface area contributed by atoms with Gasteiger partial charge in [0.25, 0.3) is 5.91 Å². The standard InChI is InChI=1S/C25H23N3O3/c1-15-16(2)27-23-13-19(11-12-22(23)26-15)25(30)31-14-24(29)28-17(3)20-10-6-8-18-7-4-5-9-21(18)20/h4-13,17H,14H2,1-3H3,(H,28,29). The maximum Gasteiger partial charge on any atom is 0.338 e. The summed E-state index contributed by atoms with van der Waals surface area (Å²) < 4.78 is 5.22. The monoisotopic (exact) mass is 413 g/mol. The van der Waals surface area contributed by atoms with E-state index in [0.717, 1.165) is 27.7 Å². The van der Waals surface area contributed by atoms with E-state index in [1.165, 1.54) is 0 Å². The summed E-state index contributed by atoms with van der Waals surface area (Å²) in [5, 5.41) is 5.09. The van der Waals surface area contributed by atoms with E-state index in [1.807, 2.05) is 63.2 Å². The molecule has 1 amide bonds. The lowest BCUT2D eigenvalue weighted by Crippen LogP contribution is -2.31. The number of rotatable bonds is 5. The Morgan fingerprint density at radius 3 is 2.45 bits per heavy atom. The summed E-state index contributed by atoms with van der Waals surface area (Å²) in [6.45, 7) is 5.31. The topological polar surface area (TPSA) is 81.2 Å². The molecular weight excluding hydrogens is 390 g/mol. The number of carbonyl (C=O) groups excluding carboxylic acids is 2. The van der Waals surface area contributed by atoms with E-state index in [-0.39, 0.29) is 18.6 Å². The van der Waals surface area contributed by atoms with Crippen LogP contribution < -0.4 is 5.32 Å². The fourth-order valence-electron chi connectivity index (χ4n) is 3.56. The van der Waals surface area contributed by atoms with Gasteiger partial charge in [-0.15, -0.1) is 0 Å². The fourth-order valence-corrected chi connectivity index (χ4v) is 3.56. The number of aromatic nitrogens is 2. The van der Waals surface area contributed by atoms with Crippen molar-refractivity contribution in [3.8, 4) is 0 Å². The maximum absolute atomic E-state index is 12.4. The molecule has 4 aromatic rings. The quantitative estimate of drug-likeness (QED) is 0.490. The summed E-state index contributed by atoms with van der Waals surface area (Å²) >= 11 is 0. The summed E-state index contributed by atoms with van der Waals surface area (Å²) in [5.74, 6) is -0.935. The van der Waals surface area contributed by atoms with E-state index in [9.17, 15) is 9.59 Å². The smallest absolute Gasteiger partial charge is 0.338 e. The van der Waals surface area contributed by atoms with E-state index in [2.05, 4.69) is 15.3 Å². The Morgan fingerprint density at radius 1 is 0.935 bits per heavy atom. The molecule has 0 saturated carbocycles. The van der Waals surface area contributed by atoms with Crippen molar-refractivity contribution in [2.45, 2.75) is 26.8 Å². The molecule has 1 heterocycles. The summed E-state index contributed by atoms with van der Waals surface area (Å²) in [4.78, 5) is 33.7. The number of hydrogen-bond donors (Lipinski definition) is 1. The van der Waals surface area contributed by atoms with Crippen LogP contribution in [0.1, 0.15) is 40.3 Å². The molecule has 6 heteroatoms. The number of nitrogens with zero attached hydrogens (tertiary/aromatic N) is 2. The number of aryl methyl sites for hydroxylation is 2. The Hall–Kier alpha value is -3.80. The highest BCUT2D eigenvalue weighted by Crippen LogP contribution is 2.24. The van der Waals surface area contributed by atoms with Crippen LogP contribution in [0.2, 0.25) is 0 Å². The molecule has 0 aliphatic heterocycles. The molecule has 0 spiro atoms. The SMILES string of the molecule is Cc1nc2ccc(C(=O)OCC(=O)NC(C)c3cccc4ccccc34)cc2nc1C. The molecule has 0 fully saturated rings. The largest absolute Gasteiger partial charge is 0.452 e. The van der Waals surface area contributed by atoms with Crippen molar-refractivity contribution in [2.75, 3.05) is 6.61 Å². The van der Waals surface area contributed by atoms with Gasteiger partial charge in [-0.05, 0) is 55.3 Å². The third-order valence-corrected chi connectivity index (χ3v) is 5.31. The summed E-state index contributed by atoms with van der Waals surface area (Å²) in [7, 11) is 0. The Kier molecular flexibility index (Phi) is 5.62. The first-order valence-electron chi connectivity index (χ1n) is 10.1. The van der Waals surface area contributed by atoms with Crippen LogP contribution in [0.25, 0.3) is 21.8 Å². The zero-order valence-corrected chi connectivity index (χ0v) is 17.7. The number of fused-ring (bicyclic) bond motifs is 2. The third kappa shape index (κ3) is 4.38. The average molecular weight is 413 g/mol. The minimum absolute atomic E-state index is 0.223. The summed E-state index contributed by atoms with van der Waals surface area (Å²) in [6.07, 6.45) is 0. The second-order valence-corrected chi connectivity index (χ2v) is 7.53. The van der Waals surface area contributed by atoms with Crippen LogP contribution in [0.15, 0.2) is 60.7 Å². The molecule has 31 heavy (non-hydrogen) atoms. The summed E-state index contributed by atoms with van der Waals surface area (Å²) in [6, 6.07) is 18.8. The van der Waals surface area contributed by atoms with Gasteiger partial charge >= 0.3 is 5.97 Å². The zero-order chi connectivity index (χ0) is 22.0. The minimum Gasteiger partial charge on any atom is -0.452 e. The van der Waals surface area contributed by atoms with Crippen molar-refractivity contribution in [1.82, 2.24) is 15.3 Å². The van der Waals surface area contributed by atoms with Gasteiger partial charge in [-0.25, -0.2) is 14.8 Å². The molecule has 156 valence electrons. The van der Waals surface area contributed by atoms with Crippen molar-refractivity contribution in [3.05, 3.63) is 83.2 Å². The highest BCUT2D eigenvalue weighted by Gasteiger charge is 2.15. The lowest BCUT2D eigenvalue weighted by atomic mass is 10.00. The number of benzene rings is 3. The van der Waals surface area contributed by atoms with Gasteiger partial charge in [-0.1, -0.05) is 42.5 Å². The van der Waals surface area contributed by atoms with Crippen LogP contribution in [-0.2, 0) is 9.53 Å². The number of nitrogens with one attached hydrogen (secondary N) is 1. The first kappa shape index (κ1) is 20.5. The Bertz CT molecular complexity index is 1290. The summed E-state index contributed by atoms with van der Waals surface area (Å²) in [5.41, 5.74) is 4.32. The van der Waals surface area contributed by atoms with Crippen molar-refractivity contribution >= 4 is 33.7 Å². The maximum atomic E-state index is 12.4. The van der Waals surface area contributed by atoms with Crippen LogP contribution >= 0.6 is 0 Å². The lowest BCUT2D eigenvalue weighted by molar-refractivity contribution is -0.124. The van der Waals surface area contributed by atoms with Crippen molar-refractivity contribution in [3.63, 3.8) is 0 Å². The molecule has 0 saturated heterocycles. The molecular formula is C25H23N3O3. The Labute approximate surface area is 180 Å². The number of esters is 1. The molecule has 0 bridgehead atoms. The third-order valence-electron chi connectivity index (χ3n) is 5.31. The predicted octanol–water partition coefficient (Wildman–Crippen LogP) is 4.43. The van der Waals surface area contributed by atoms with Gasteiger partial charge in [-0.3, -0.25) is 4.79 Å². The number of carbonyl (C=O) groups is 2. The van der Waals surface area contributed by atoms with Gasteiger partial charge in [0.05, 0.1) is 34.0 Å². The normalized spacial score (nSPS) is 12.0. The predicted molar refractivity (Wildman–Crippen MR) is 120 cm³/mol. The first-order chi connectivity index (χ1) is 14.9. The second kappa shape index (κ2) is 8.52. The molecule has 0 radical (unpaired) electrons. The molecule has 0 aliphatic rings. The molecule has 4 rings (SSSR count). The van der Waals surface area contributed by atoms with Gasteiger partial charge in [0.2, 0.25) is 0 Å².